The molecule has 2 unspecified atom stereocenters. The molecule has 0 spiro atoms. The molecule has 0 radical (unpaired) electrons. The van der Waals surface area contributed by atoms with E-state index in [0.29, 0.717) is 37.3 Å². The van der Waals surface area contributed by atoms with Gasteiger partial charge in [-0.2, -0.15) is 0 Å². The van der Waals surface area contributed by atoms with Crippen LogP contribution in [0.3, 0.4) is 0 Å². The summed E-state index contributed by atoms with van der Waals surface area (Å²) >= 11 is 0. The largest absolute Gasteiger partial charge is 0.446 e. The zero-order chi connectivity index (χ0) is 19.4. The molecule has 4 saturated carbocycles. The molecule has 1 aliphatic heterocycles. The second-order valence-electron chi connectivity index (χ2n) is 10.1. The van der Waals surface area contributed by atoms with Gasteiger partial charge in [0, 0.05) is 13.1 Å². The molecule has 1 saturated heterocycles. The Morgan fingerprint density at radius 2 is 1.81 bits per heavy atom. The van der Waals surface area contributed by atoms with Crippen LogP contribution in [0.5, 0.6) is 0 Å². The lowest BCUT2D eigenvalue weighted by Crippen LogP contribution is -2.58. The van der Waals surface area contributed by atoms with Gasteiger partial charge in [-0.3, -0.25) is 0 Å². The van der Waals surface area contributed by atoms with Crippen LogP contribution >= 0.6 is 0 Å². The van der Waals surface area contributed by atoms with Gasteiger partial charge in [-0.05, 0) is 77.0 Å². The fourth-order valence-corrected chi connectivity index (χ4v) is 5.84. The fraction of sp³-hybridized carbons (Fsp3) is 0.900. The van der Waals surface area contributed by atoms with E-state index in [1.807, 2.05) is 20.8 Å². The van der Waals surface area contributed by atoms with Crippen LogP contribution in [-0.2, 0) is 9.47 Å². The maximum Gasteiger partial charge on any atom is 0.410 e. The lowest BCUT2D eigenvalue weighted by atomic mass is 9.53. The molecule has 4 aliphatic carbocycles. The van der Waals surface area contributed by atoms with E-state index in [4.69, 9.17) is 9.47 Å². The van der Waals surface area contributed by atoms with E-state index in [1.54, 1.807) is 4.90 Å². The van der Waals surface area contributed by atoms with Crippen molar-refractivity contribution in [1.82, 2.24) is 10.2 Å². The molecule has 27 heavy (non-hydrogen) atoms. The zero-order valence-corrected chi connectivity index (χ0v) is 16.6. The Morgan fingerprint density at radius 3 is 2.41 bits per heavy atom. The zero-order valence-electron chi connectivity index (χ0n) is 16.6. The van der Waals surface area contributed by atoms with Crippen LogP contribution < -0.4 is 5.32 Å². The highest BCUT2D eigenvalue weighted by Gasteiger charge is 2.56. The number of carbonyl (C=O) groups is 2. The van der Waals surface area contributed by atoms with Gasteiger partial charge in [0.15, 0.2) is 0 Å². The summed E-state index contributed by atoms with van der Waals surface area (Å²) < 4.78 is 11.2. The third kappa shape index (κ3) is 4.03. The number of nitrogens with one attached hydrogen (secondary N) is 1. The molecule has 0 aromatic rings. The lowest BCUT2D eigenvalue weighted by Gasteiger charge is -2.57. The van der Waals surface area contributed by atoms with E-state index >= 15 is 0 Å². The summed E-state index contributed by atoms with van der Waals surface area (Å²) in [6, 6.07) is -0.105. The molecule has 5 aliphatic rings. The summed E-state index contributed by atoms with van der Waals surface area (Å²) in [6.45, 7) is 6.51. The van der Waals surface area contributed by atoms with Crippen molar-refractivity contribution in [2.75, 3.05) is 13.1 Å². The van der Waals surface area contributed by atoms with Crippen LogP contribution in [0.2, 0.25) is 0 Å². The van der Waals surface area contributed by atoms with E-state index in [-0.39, 0.29) is 18.2 Å². The number of hydrogen-bond donors (Lipinski definition) is 2. The second-order valence-corrected chi connectivity index (χ2v) is 10.1. The minimum absolute atomic E-state index is 0.0628. The number of alkyl carbamates (subject to hydrolysis) is 1. The van der Waals surface area contributed by atoms with Crippen LogP contribution in [-0.4, -0.2) is 58.6 Å². The Bertz CT molecular complexity index is 600. The predicted octanol–water partition coefficient (Wildman–Crippen LogP) is 2.66. The first kappa shape index (κ1) is 18.8. The molecule has 1 heterocycles. The molecule has 5 rings (SSSR count). The summed E-state index contributed by atoms with van der Waals surface area (Å²) in [5.74, 6) is 1.18. The quantitative estimate of drug-likeness (QED) is 0.769. The standard InChI is InChI=1S/C20H32N2O5/c1-19(2,3)27-17(23)21-15-4-5-22(11-15)18(24)26-16-13-6-12-7-14(16)10-20(25,8-12)9-13/h12-16,25H,4-11H2,1-3H3,(H,21,23)/t12?,13?,14?,15-,16?,20?/m1/s1. The smallest absolute Gasteiger partial charge is 0.410 e. The summed E-state index contributed by atoms with van der Waals surface area (Å²) in [5.41, 5.74) is -1.06. The number of aliphatic hydroxyl groups is 1. The van der Waals surface area contributed by atoms with Gasteiger partial charge in [0.25, 0.3) is 0 Å². The molecule has 0 aromatic carbocycles. The molecule has 4 bridgehead atoms. The van der Waals surface area contributed by atoms with Crippen LogP contribution in [0.25, 0.3) is 0 Å². The van der Waals surface area contributed by atoms with Gasteiger partial charge in [-0.1, -0.05) is 0 Å². The van der Waals surface area contributed by atoms with E-state index in [1.165, 1.54) is 0 Å². The molecule has 0 aromatic heterocycles. The van der Waals surface area contributed by atoms with Gasteiger partial charge in [-0.15, -0.1) is 0 Å². The molecular weight excluding hydrogens is 348 g/mol. The molecule has 2 N–H and O–H groups in total. The van der Waals surface area contributed by atoms with Gasteiger partial charge < -0.3 is 24.8 Å². The summed E-state index contributed by atoms with van der Waals surface area (Å²) in [4.78, 5) is 26.3. The average molecular weight is 380 g/mol. The van der Waals surface area contributed by atoms with Gasteiger partial charge in [0.05, 0.1) is 11.6 Å². The minimum Gasteiger partial charge on any atom is -0.446 e. The van der Waals surface area contributed by atoms with Gasteiger partial charge in [0.2, 0.25) is 0 Å². The van der Waals surface area contributed by atoms with E-state index < -0.39 is 17.3 Å². The normalized spacial score (nSPS) is 40.1. The molecule has 7 nitrogen and oxygen atoms in total. The van der Waals surface area contributed by atoms with E-state index in [2.05, 4.69) is 5.32 Å². The van der Waals surface area contributed by atoms with Crippen molar-refractivity contribution in [3.05, 3.63) is 0 Å². The predicted molar refractivity (Wildman–Crippen MR) is 98.1 cm³/mol. The van der Waals surface area contributed by atoms with Crippen LogP contribution in [0.1, 0.15) is 59.3 Å². The van der Waals surface area contributed by atoms with Gasteiger partial charge in [0.1, 0.15) is 11.7 Å². The van der Waals surface area contributed by atoms with Crippen LogP contribution in [0.4, 0.5) is 9.59 Å². The fourth-order valence-electron chi connectivity index (χ4n) is 5.84. The molecule has 2 amide bonds. The number of amides is 2. The molecule has 5 fully saturated rings. The SMILES string of the molecule is CC(C)(C)OC(=O)N[C@@H]1CCN(C(=O)OC2C3CC4CC2CC(O)(C4)C3)C1. The third-order valence-corrected chi connectivity index (χ3v) is 6.56. The lowest BCUT2D eigenvalue weighted by molar-refractivity contribution is -0.177. The summed E-state index contributed by atoms with van der Waals surface area (Å²) in [7, 11) is 0. The number of hydrogen-bond acceptors (Lipinski definition) is 5. The Morgan fingerprint density at radius 1 is 1.15 bits per heavy atom. The Balaban J connectivity index is 1.28. The Labute approximate surface area is 160 Å². The monoisotopic (exact) mass is 380 g/mol. The van der Waals surface area contributed by atoms with Crippen LogP contribution in [0, 0.1) is 17.8 Å². The summed E-state index contributed by atoms with van der Waals surface area (Å²) in [5, 5.41) is 13.5. The van der Waals surface area contributed by atoms with Crippen LogP contribution in [0.15, 0.2) is 0 Å². The highest BCUT2D eigenvalue weighted by atomic mass is 16.6. The van der Waals surface area contributed by atoms with E-state index in [9.17, 15) is 14.7 Å². The maximum absolute atomic E-state index is 12.7. The number of likely N-dealkylation sites (tertiary alicyclic amines) is 1. The van der Waals surface area contributed by atoms with Gasteiger partial charge in [-0.25, -0.2) is 9.59 Å². The number of rotatable bonds is 2. The maximum atomic E-state index is 12.7. The van der Waals surface area contributed by atoms with Crippen molar-refractivity contribution in [1.29, 1.82) is 0 Å². The Kier molecular flexibility index (Phi) is 4.56. The third-order valence-electron chi connectivity index (χ3n) is 6.56. The van der Waals surface area contributed by atoms with Crippen molar-refractivity contribution in [2.24, 2.45) is 17.8 Å². The Hall–Kier alpha value is -1.50. The second kappa shape index (κ2) is 6.54. The first-order valence-corrected chi connectivity index (χ1v) is 10.3. The average Bonchev–Trinajstić information content (AvgIpc) is 2.95. The highest BCUT2D eigenvalue weighted by molar-refractivity contribution is 5.70. The van der Waals surface area contributed by atoms with Crippen molar-refractivity contribution < 1.29 is 24.2 Å². The topological polar surface area (TPSA) is 88.1 Å². The van der Waals surface area contributed by atoms with Crippen molar-refractivity contribution >= 4 is 12.2 Å². The van der Waals surface area contributed by atoms with Crippen molar-refractivity contribution in [2.45, 2.75) is 82.6 Å². The minimum atomic E-state index is -0.537. The van der Waals surface area contributed by atoms with Gasteiger partial charge >= 0.3 is 12.2 Å². The number of ether oxygens (including phenoxy) is 2. The molecular formula is C20H32N2O5. The number of carbonyl (C=O) groups excluding carboxylic acids is 2. The molecule has 152 valence electrons. The molecule has 7 heteroatoms. The highest BCUT2D eigenvalue weighted by Crippen LogP contribution is 2.56. The summed E-state index contributed by atoms with van der Waals surface area (Å²) in [6.07, 6.45) is 4.50. The van der Waals surface area contributed by atoms with Crippen molar-refractivity contribution in [3.63, 3.8) is 0 Å². The van der Waals surface area contributed by atoms with E-state index in [0.717, 1.165) is 32.1 Å². The molecule has 3 atom stereocenters. The first-order chi connectivity index (χ1) is 12.6. The first-order valence-electron chi connectivity index (χ1n) is 10.3. The number of nitrogens with zero attached hydrogens (tertiary/aromatic N) is 1. The van der Waals surface area contributed by atoms with Crippen molar-refractivity contribution in [3.8, 4) is 0 Å².